The van der Waals surface area contributed by atoms with Gasteiger partial charge in [0.15, 0.2) is 6.10 Å². The maximum Gasteiger partial charge on any atom is 0.334 e. The van der Waals surface area contributed by atoms with Crippen molar-refractivity contribution in [3.63, 3.8) is 0 Å². The van der Waals surface area contributed by atoms with Gasteiger partial charge in [0, 0.05) is 6.04 Å². The Balaban J connectivity index is 2.33. The molecular weight excluding hydrogens is 134 g/mol. The predicted molar refractivity (Wildman–Crippen MR) is 34.3 cm³/mol. The molecule has 2 N–H and O–H groups in total. The number of nitrogens with one attached hydrogen (secondary N) is 1. The van der Waals surface area contributed by atoms with Crippen molar-refractivity contribution in [3.8, 4) is 0 Å². The monoisotopic (exact) mass is 145 g/mol. The topological polar surface area (TPSA) is 58.6 Å². The Labute approximate surface area is 59.1 Å². The second-order valence-electron chi connectivity index (χ2n) is 2.54. The molecule has 0 spiro atoms. The van der Waals surface area contributed by atoms with Crippen LogP contribution in [0.4, 0.5) is 0 Å². The fraction of sp³-hybridized carbons (Fsp3) is 0.833. The Kier molecular flexibility index (Phi) is 2.24. The van der Waals surface area contributed by atoms with E-state index in [2.05, 4.69) is 5.48 Å². The second kappa shape index (κ2) is 2.98. The Hall–Kier alpha value is -0.610. The van der Waals surface area contributed by atoms with Gasteiger partial charge in [0.05, 0.1) is 0 Å². The molecule has 2 atom stereocenters. The molecule has 1 rings (SSSR count). The van der Waals surface area contributed by atoms with Crippen molar-refractivity contribution in [3.05, 3.63) is 0 Å². The zero-order chi connectivity index (χ0) is 7.56. The van der Waals surface area contributed by atoms with Crippen LogP contribution in [0.3, 0.4) is 0 Å². The standard InChI is InChI=1S/C6H11NO3/c1-4-2-3-5(6(8)9)10-7-4/h4-5,7H,2-3H2,1H3,(H,8,9)/t4-,5-/m0/s1. The first-order valence-corrected chi connectivity index (χ1v) is 3.34. The van der Waals surface area contributed by atoms with E-state index in [1.54, 1.807) is 0 Å². The van der Waals surface area contributed by atoms with Crippen molar-refractivity contribution >= 4 is 5.97 Å². The van der Waals surface area contributed by atoms with E-state index in [1.165, 1.54) is 0 Å². The third-order valence-electron chi connectivity index (χ3n) is 1.55. The van der Waals surface area contributed by atoms with E-state index < -0.39 is 12.1 Å². The molecule has 1 heterocycles. The predicted octanol–water partition coefficient (Wildman–Crippen LogP) is 0.143. The van der Waals surface area contributed by atoms with Crippen molar-refractivity contribution in [2.24, 2.45) is 0 Å². The molecule has 1 aliphatic rings. The highest BCUT2D eigenvalue weighted by Gasteiger charge is 2.24. The average Bonchev–Trinajstić information content (AvgIpc) is 1.88. The molecule has 1 fully saturated rings. The molecule has 0 radical (unpaired) electrons. The summed E-state index contributed by atoms with van der Waals surface area (Å²) in [5.74, 6) is -0.889. The summed E-state index contributed by atoms with van der Waals surface area (Å²) < 4.78 is 0. The van der Waals surface area contributed by atoms with E-state index in [-0.39, 0.29) is 6.04 Å². The van der Waals surface area contributed by atoms with E-state index in [0.717, 1.165) is 6.42 Å². The minimum Gasteiger partial charge on any atom is -0.479 e. The number of rotatable bonds is 1. The van der Waals surface area contributed by atoms with Crippen LogP contribution >= 0.6 is 0 Å². The molecule has 4 nitrogen and oxygen atoms in total. The van der Waals surface area contributed by atoms with Gasteiger partial charge >= 0.3 is 5.97 Å². The molecule has 0 bridgehead atoms. The van der Waals surface area contributed by atoms with Gasteiger partial charge in [-0.1, -0.05) is 0 Å². The zero-order valence-electron chi connectivity index (χ0n) is 5.83. The van der Waals surface area contributed by atoms with Crippen LogP contribution in [-0.2, 0) is 9.63 Å². The highest BCUT2D eigenvalue weighted by Crippen LogP contribution is 2.10. The molecule has 10 heavy (non-hydrogen) atoms. The first kappa shape index (κ1) is 7.50. The molecular formula is C6H11NO3. The second-order valence-corrected chi connectivity index (χ2v) is 2.54. The molecule has 4 heteroatoms. The summed E-state index contributed by atoms with van der Waals surface area (Å²) in [6.45, 7) is 1.96. The van der Waals surface area contributed by atoms with Gasteiger partial charge in [-0.25, -0.2) is 4.79 Å². The van der Waals surface area contributed by atoms with E-state index in [1.807, 2.05) is 6.92 Å². The lowest BCUT2D eigenvalue weighted by Gasteiger charge is -2.24. The first-order chi connectivity index (χ1) is 4.70. The summed E-state index contributed by atoms with van der Waals surface area (Å²) in [6, 6.07) is 0.274. The molecule has 0 aromatic rings. The van der Waals surface area contributed by atoms with Gasteiger partial charge < -0.3 is 5.11 Å². The fourth-order valence-electron chi connectivity index (χ4n) is 0.891. The molecule has 1 saturated heterocycles. The number of carboxylic acid groups (broad SMARTS) is 1. The molecule has 58 valence electrons. The Morgan fingerprint density at radius 1 is 1.70 bits per heavy atom. The van der Waals surface area contributed by atoms with Crippen molar-refractivity contribution in [2.75, 3.05) is 0 Å². The van der Waals surface area contributed by atoms with Crippen LogP contribution in [0.5, 0.6) is 0 Å². The van der Waals surface area contributed by atoms with E-state index in [4.69, 9.17) is 9.94 Å². The average molecular weight is 145 g/mol. The highest BCUT2D eigenvalue weighted by atomic mass is 16.7. The molecule has 0 unspecified atom stereocenters. The summed E-state index contributed by atoms with van der Waals surface area (Å²) in [7, 11) is 0. The van der Waals surface area contributed by atoms with Crippen molar-refractivity contribution in [2.45, 2.75) is 31.9 Å². The molecule has 0 aliphatic carbocycles. The summed E-state index contributed by atoms with van der Waals surface area (Å²) in [4.78, 5) is 15.1. The quantitative estimate of drug-likeness (QED) is 0.551. The van der Waals surface area contributed by atoms with Crippen LogP contribution in [0.1, 0.15) is 19.8 Å². The summed E-state index contributed by atoms with van der Waals surface area (Å²) in [5.41, 5.74) is 2.63. The molecule has 0 aromatic carbocycles. The van der Waals surface area contributed by atoms with Crippen LogP contribution in [0.15, 0.2) is 0 Å². The van der Waals surface area contributed by atoms with Crippen LogP contribution in [0, 0.1) is 0 Å². The van der Waals surface area contributed by atoms with Crippen molar-refractivity contribution in [1.82, 2.24) is 5.48 Å². The van der Waals surface area contributed by atoms with Crippen LogP contribution in [0.2, 0.25) is 0 Å². The molecule has 0 saturated carbocycles. The Morgan fingerprint density at radius 3 is 2.80 bits per heavy atom. The minimum atomic E-state index is -0.889. The van der Waals surface area contributed by atoms with E-state index in [0.29, 0.717) is 6.42 Å². The minimum absolute atomic E-state index is 0.274. The normalized spacial score (nSPS) is 33.7. The number of aliphatic carboxylic acids is 1. The van der Waals surface area contributed by atoms with E-state index >= 15 is 0 Å². The zero-order valence-corrected chi connectivity index (χ0v) is 5.83. The number of hydrogen-bond donors (Lipinski definition) is 2. The lowest BCUT2D eigenvalue weighted by molar-refractivity contribution is -0.163. The third-order valence-corrected chi connectivity index (χ3v) is 1.55. The van der Waals surface area contributed by atoms with Gasteiger partial charge in [-0.05, 0) is 19.8 Å². The molecule has 0 aromatic heterocycles. The van der Waals surface area contributed by atoms with Gasteiger partial charge in [0.1, 0.15) is 0 Å². The lowest BCUT2D eigenvalue weighted by Crippen LogP contribution is -2.41. The van der Waals surface area contributed by atoms with Crippen LogP contribution in [0.25, 0.3) is 0 Å². The number of hydrogen-bond acceptors (Lipinski definition) is 3. The van der Waals surface area contributed by atoms with Gasteiger partial charge in [0.25, 0.3) is 0 Å². The molecule has 1 aliphatic heterocycles. The van der Waals surface area contributed by atoms with Gasteiger partial charge in [0.2, 0.25) is 0 Å². The number of carboxylic acids is 1. The van der Waals surface area contributed by atoms with Gasteiger partial charge in [-0.15, -0.1) is 0 Å². The van der Waals surface area contributed by atoms with Crippen molar-refractivity contribution < 1.29 is 14.7 Å². The van der Waals surface area contributed by atoms with Crippen molar-refractivity contribution in [1.29, 1.82) is 0 Å². The third kappa shape index (κ3) is 1.68. The Bertz CT molecular complexity index is 129. The number of carbonyl (C=O) groups is 1. The molecule has 0 amide bonds. The van der Waals surface area contributed by atoms with Crippen LogP contribution in [-0.4, -0.2) is 23.2 Å². The number of hydroxylamine groups is 1. The fourth-order valence-corrected chi connectivity index (χ4v) is 0.891. The smallest absolute Gasteiger partial charge is 0.334 e. The Morgan fingerprint density at radius 2 is 2.40 bits per heavy atom. The summed E-state index contributed by atoms with van der Waals surface area (Å²) in [6.07, 6.45) is 0.802. The highest BCUT2D eigenvalue weighted by molar-refractivity contribution is 5.72. The van der Waals surface area contributed by atoms with Gasteiger partial charge in [-0.2, -0.15) is 5.48 Å². The maximum absolute atomic E-state index is 10.3. The van der Waals surface area contributed by atoms with Crippen LogP contribution < -0.4 is 5.48 Å². The maximum atomic E-state index is 10.3. The van der Waals surface area contributed by atoms with Gasteiger partial charge in [-0.3, -0.25) is 4.84 Å². The summed E-state index contributed by atoms with van der Waals surface area (Å²) >= 11 is 0. The summed E-state index contributed by atoms with van der Waals surface area (Å²) in [5, 5.41) is 8.46. The SMILES string of the molecule is C[C@H]1CC[C@@H](C(=O)O)ON1. The van der Waals surface area contributed by atoms with E-state index in [9.17, 15) is 4.79 Å². The largest absolute Gasteiger partial charge is 0.479 e. The lowest BCUT2D eigenvalue weighted by atomic mass is 10.1. The first-order valence-electron chi connectivity index (χ1n) is 3.34.